The number of benzene rings is 2. The number of halogens is 2. The molecule has 0 aliphatic carbocycles. The van der Waals surface area contributed by atoms with E-state index in [1.165, 1.54) is 11.4 Å². The largest absolute Gasteiger partial charge is 0.493 e. The normalized spacial score (nSPS) is 14.1. The molecule has 1 aliphatic rings. The van der Waals surface area contributed by atoms with E-state index in [0.717, 1.165) is 29.3 Å². The lowest BCUT2D eigenvalue weighted by molar-refractivity contribution is 0.0945. The second-order valence-electron chi connectivity index (χ2n) is 7.08. The van der Waals surface area contributed by atoms with Gasteiger partial charge in [0, 0.05) is 19.6 Å². The van der Waals surface area contributed by atoms with Crippen LogP contribution in [0, 0.1) is 11.6 Å². The van der Waals surface area contributed by atoms with Gasteiger partial charge in [-0.05, 0) is 48.2 Å². The molecule has 0 atom stereocenters. The number of methoxy groups -OCH3 is 2. The van der Waals surface area contributed by atoms with Crippen molar-refractivity contribution in [3.05, 3.63) is 58.7 Å². The lowest BCUT2D eigenvalue weighted by Gasteiger charge is -2.29. The van der Waals surface area contributed by atoms with Crippen molar-refractivity contribution in [1.29, 1.82) is 0 Å². The number of fused-ring (bicyclic) bond motifs is 1. The maximum atomic E-state index is 13.6. The number of nitrogens with one attached hydrogen (secondary N) is 1. The standard InChI is InChI=1S/C21H24F2N2O5S/c1-29-18-11-14-7-9-25(13-15(14)12-19(18)30-2)31(27,28)10-4-8-24-21(26)20-16(22)5-3-6-17(20)23/h3,5-6,11-12H,4,7-10,13H2,1-2H3,(H,24,26). The number of carbonyl (C=O) groups is 1. The minimum Gasteiger partial charge on any atom is -0.493 e. The Hall–Kier alpha value is -2.72. The molecule has 0 radical (unpaired) electrons. The van der Waals surface area contributed by atoms with Crippen LogP contribution in [0.1, 0.15) is 27.9 Å². The summed E-state index contributed by atoms with van der Waals surface area (Å²) in [4.78, 5) is 12.0. The molecule has 0 unspecified atom stereocenters. The number of sulfonamides is 1. The van der Waals surface area contributed by atoms with Crippen LogP contribution in [0.25, 0.3) is 0 Å². The predicted molar refractivity (Wildman–Crippen MR) is 111 cm³/mol. The van der Waals surface area contributed by atoms with Gasteiger partial charge in [0.2, 0.25) is 10.0 Å². The average molecular weight is 454 g/mol. The molecule has 0 saturated heterocycles. The molecule has 1 aliphatic heterocycles. The molecular formula is C21H24F2N2O5S. The Bertz CT molecular complexity index is 1060. The van der Waals surface area contributed by atoms with Crippen molar-refractivity contribution < 1.29 is 31.5 Å². The van der Waals surface area contributed by atoms with Crippen molar-refractivity contribution in [2.45, 2.75) is 19.4 Å². The van der Waals surface area contributed by atoms with Crippen molar-refractivity contribution >= 4 is 15.9 Å². The van der Waals surface area contributed by atoms with Gasteiger partial charge in [-0.1, -0.05) is 6.07 Å². The highest BCUT2D eigenvalue weighted by Gasteiger charge is 2.27. The zero-order chi connectivity index (χ0) is 22.6. The van der Waals surface area contributed by atoms with Gasteiger partial charge < -0.3 is 14.8 Å². The lowest BCUT2D eigenvalue weighted by atomic mass is 10.0. The number of ether oxygens (including phenoxy) is 2. The Morgan fingerprint density at radius 1 is 1.10 bits per heavy atom. The number of nitrogens with zero attached hydrogens (tertiary/aromatic N) is 1. The number of rotatable bonds is 8. The lowest BCUT2D eigenvalue weighted by Crippen LogP contribution is -2.38. The summed E-state index contributed by atoms with van der Waals surface area (Å²) < 4.78 is 64.7. The third-order valence-corrected chi connectivity index (χ3v) is 7.03. The van der Waals surface area contributed by atoms with Crippen molar-refractivity contribution in [1.82, 2.24) is 9.62 Å². The Kier molecular flexibility index (Phi) is 7.11. The van der Waals surface area contributed by atoms with E-state index in [1.807, 2.05) is 6.07 Å². The predicted octanol–water partition coefficient (Wildman–Crippen LogP) is 2.49. The highest BCUT2D eigenvalue weighted by atomic mass is 32.2. The molecule has 0 fully saturated rings. The average Bonchev–Trinajstić information content (AvgIpc) is 2.75. The molecule has 2 aromatic carbocycles. The summed E-state index contributed by atoms with van der Waals surface area (Å²) >= 11 is 0. The van der Waals surface area contributed by atoms with E-state index in [0.29, 0.717) is 24.5 Å². The van der Waals surface area contributed by atoms with Crippen LogP contribution < -0.4 is 14.8 Å². The maximum Gasteiger partial charge on any atom is 0.257 e. The van der Waals surface area contributed by atoms with Crippen LogP contribution in [-0.4, -0.2) is 51.7 Å². The quantitative estimate of drug-likeness (QED) is 0.620. The Balaban J connectivity index is 1.58. The van der Waals surface area contributed by atoms with Crippen LogP contribution in [0.4, 0.5) is 8.78 Å². The van der Waals surface area contributed by atoms with E-state index in [-0.39, 0.29) is 25.3 Å². The minimum atomic E-state index is -3.58. The molecule has 1 amide bonds. The van der Waals surface area contributed by atoms with Crippen molar-refractivity contribution in [3.8, 4) is 11.5 Å². The van der Waals surface area contributed by atoms with Gasteiger partial charge in [-0.2, -0.15) is 4.31 Å². The fraction of sp³-hybridized carbons (Fsp3) is 0.381. The summed E-state index contributed by atoms with van der Waals surface area (Å²) in [6.07, 6.45) is 0.650. The van der Waals surface area contributed by atoms with Crippen LogP contribution in [0.2, 0.25) is 0 Å². The third-order valence-electron chi connectivity index (χ3n) is 5.13. The van der Waals surface area contributed by atoms with Crippen LogP contribution in [0.15, 0.2) is 30.3 Å². The zero-order valence-electron chi connectivity index (χ0n) is 17.3. The molecule has 1 heterocycles. The first-order valence-corrected chi connectivity index (χ1v) is 11.3. The fourth-order valence-corrected chi connectivity index (χ4v) is 4.96. The van der Waals surface area contributed by atoms with Crippen LogP contribution >= 0.6 is 0 Å². The summed E-state index contributed by atoms with van der Waals surface area (Å²) in [5, 5.41) is 2.37. The van der Waals surface area contributed by atoms with Crippen LogP contribution in [-0.2, 0) is 23.0 Å². The SMILES string of the molecule is COc1cc2c(cc1OC)CN(S(=O)(=O)CCCNC(=O)c1c(F)cccc1F)CC2. The Morgan fingerprint density at radius 2 is 1.71 bits per heavy atom. The zero-order valence-corrected chi connectivity index (χ0v) is 18.1. The van der Waals surface area contributed by atoms with Gasteiger partial charge >= 0.3 is 0 Å². The molecule has 168 valence electrons. The molecular weight excluding hydrogens is 430 g/mol. The summed E-state index contributed by atoms with van der Waals surface area (Å²) in [7, 11) is -0.517. The molecule has 2 aromatic rings. The first-order chi connectivity index (χ1) is 14.8. The number of hydrogen-bond acceptors (Lipinski definition) is 5. The summed E-state index contributed by atoms with van der Waals surface area (Å²) in [6.45, 7) is 0.518. The minimum absolute atomic E-state index is 0.0265. The number of carbonyl (C=O) groups excluding carboxylic acids is 1. The molecule has 0 spiro atoms. The first kappa shape index (κ1) is 23.0. The van der Waals surface area contributed by atoms with Gasteiger partial charge in [0.25, 0.3) is 5.91 Å². The monoisotopic (exact) mass is 454 g/mol. The smallest absolute Gasteiger partial charge is 0.257 e. The van der Waals surface area contributed by atoms with Gasteiger partial charge in [0.1, 0.15) is 17.2 Å². The topological polar surface area (TPSA) is 84.9 Å². The second kappa shape index (κ2) is 9.61. The van der Waals surface area contributed by atoms with Gasteiger partial charge in [-0.25, -0.2) is 17.2 Å². The summed E-state index contributed by atoms with van der Waals surface area (Å²) in [5.74, 6) is -1.92. The molecule has 0 aromatic heterocycles. The molecule has 1 N–H and O–H groups in total. The van der Waals surface area contributed by atoms with E-state index in [9.17, 15) is 22.0 Å². The van der Waals surface area contributed by atoms with Gasteiger partial charge in [0.05, 0.1) is 20.0 Å². The molecule has 0 saturated carbocycles. The first-order valence-electron chi connectivity index (χ1n) is 9.70. The van der Waals surface area contributed by atoms with E-state index in [4.69, 9.17) is 9.47 Å². The summed E-state index contributed by atoms with van der Waals surface area (Å²) in [5.41, 5.74) is 1.17. The van der Waals surface area contributed by atoms with Gasteiger partial charge in [0.15, 0.2) is 11.5 Å². The highest BCUT2D eigenvalue weighted by molar-refractivity contribution is 7.89. The number of hydrogen-bond donors (Lipinski definition) is 1. The molecule has 3 rings (SSSR count). The van der Waals surface area contributed by atoms with Crippen LogP contribution in [0.5, 0.6) is 11.5 Å². The Labute approximate surface area is 180 Å². The molecule has 7 nitrogen and oxygen atoms in total. The van der Waals surface area contributed by atoms with Crippen LogP contribution in [0.3, 0.4) is 0 Å². The Morgan fingerprint density at radius 3 is 2.32 bits per heavy atom. The van der Waals surface area contributed by atoms with Gasteiger partial charge in [-0.3, -0.25) is 4.79 Å². The fourth-order valence-electron chi connectivity index (χ4n) is 3.48. The highest BCUT2D eigenvalue weighted by Crippen LogP contribution is 2.33. The van der Waals surface area contributed by atoms with Gasteiger partial charge in [-0.15, -0.1) is 0 Å². The third kappa shape index (κ3) is 5.13. The van der Waals surface area contributed by atoms with Crippen molar-refractivity contribution in [3.63, 3.8) is 0 Å². The van der Waals surface area contributed by atoms with Crippen molar-refractivity contribution in [2.75, 3.05) is 33.1 Å². The molecule has 10 heteroatoms. The second-order valence-corrected chi connectivity index (χ2v) is 9.17. The van der Waals surface area contributed by atoms with Crippen molar-refractivity contribution in [2.24, 2.45) is 0 Å². The van der Waals surface area contributed by atoms with E-state index >= 15 is 0 Å². The van der Waals surface area contributed by atoms with E-state index in [2.05, 4.69) is 5.32 Å². The number of amides is 1. The summed E-state index contributed by atoms with van der Waals surface area (Å²) in [6, 6.07) is 6.77. The van der Waals surface area contributed by atoms with E-state index in [1.54, 1.807) is 13.2 Å². The molecule has 31 heavy (non-hydrogen) atoms. The molecule has 0 bridgehead atoms. The maximum absolute atomic E-state index is 13.6. The van der Waals surface area contributed by atoms with E-state index < -0.39 is 33.1 Å².